The summed E-state index contributed by atoms with van der Waals surface area (Å²) in [5, 5.41) is 18.0. The Hall–Kier alpha value is -1.47. The summed E-state index contributed by atoms with van der Waals surface area (Å²) < 4.78 is 29.9. The third kappa shape index (κ3) is 1.65. The first-order valence-corrected chi connectivity index (χ1v) is 4.56. The molecule has 0 aliphatic carbocycles. The molecular formula is C6H7NO5S. The molecular weight excluding hydrogens is 198 g/mol. The fraction of sp³-hybridized carbons (Fsp3) is 0. The number of phenols is 2. The van der Waals surface area contributed by atoms with Crippen LogP contribution in [0.15, 0.2) is 17.0 Å². The van der Waals surface area contributed by atoms with Crippen molar-refractivity contribution in [2.45, 2.75) is 4.90 Å². The predicted octanol–water partition coefficient (Wildman–Crippen LogP) is -0.0733. The number of anilines is 1. The van der Waals surface area contributed by atoms with Gasteiger partial charge in [-0.2, -0.15) is 8.42 Å². The van der Waals surface area contributed by atoms with Gasteiger partial charge in [0.15, 0.2) is 16.4 Å². The first-order chi connectivity index (χ1) is 5.84. The number of rotatable bonds is 1. The van der Waals surface area contributed by atoms with Crippen molar-refractivity contribution in [1.82, 2.24) is 0 Å². The summed E-state index contributed by atoms with van der Waals surface area (Å²) >= 11 is 0. The van der Waals surface area contributed by atoms with Gasteiger partial charge in [-0.05, 0) is 12.1 Å². The van der Waals surface area contributed by atoms with Crippen molar-refractivity contribution in [3.63, 3.8) is 0 Å². The number of phenolic OH excluding ortho intramolecular Hbond substituents is 2. The lowest BCUT2D eigenvalue weighted by Crippen LogP contribution is -2.03. The van der Waals surface area contributed by atoms with E-state index in [4.69, 9.17) is 20.5 Å². The van der Waals surface area contributed by atoms with E-state index in [1.165, 1.54) is 0 Å². The predicted molar refractivity (Wildman–Crippen MR) is 44.0 cm³/mol. The average molecular weight is 205 g/mol. The Bertz CT molecular complexity index is 439. The van der Waals surface area contributed by atoms with Crippen LogP contribution in [0.2, 0.25) is 0 Å². The third-order valence-corrected chi connectivity index (χ3v) is 2.34. The Labute approximate surface area is 74.0 Å². The summed E-state index contributed by atoms with van der Waals surface area (Å²) in [5.41, 5.74) is 4.83. The minimum Gasteiger partial charge on any atom is -0.504 e. The molecule has 0 unspecified atom stereocenters. The summed E-state index contributed by atoms with van der Waals surface area (Å²) in [7, 11) is -4.62. The molecule has 0 aromatic heterocycles. The molecule has 1 aromatic rings. The summed E-state index contributed by atoms with van der Waals surface area (Å²) in [6.45, 7) is 0. The Kier molecular flexibility index (Phi) is 2.06. The molecule has 0 saturated carbocycles. The first-order valence-electron chi connectivity index (χ1n) is 3.12. The number of hydrogen-bond donors (Lipinski definition) is 4. The molecule has 1 aromatic carbocycles. The molecule has 0 radical (unpaired) electrons. The number of benzene rings is 1. The first kappa shape index (κ1) is 9.62. The van der Waals surface area contributed by atoms with Gasteiger partial charge < -0.3 is 15.9 Å². The number of hydrogen-bond acceptors (Lipinski definition) is 5. The molecule has 0 saturated heterocycles. The van der Waals surface area contributed by atoms with E-state index in [1.807, 2.05) is 0 Å². The van der Waals surface area contributed by atoms with Gasteiger partial charge in [-0.15, -0.1) is 0 Å². The van der Waals surface area contributed by atoms with Crippen LogP contribution in [0.25, 0.3) is 0 Å². The molecule has 13 heavy (non-hydrogen) atoms. The molecule has 72 valence electrons. The maximum Gasteiger partial charge on any atom is 0.300 e. The zero-order valence-corrected chi connectivity index (χ0v) is 7.11. The maximum absolute atomic E-state index is 10.6. The monoisotopic (exact) mass is 205 g/mol. The number of aromatic hydroxyl groups is 2. The SMILES string of the molecule is Nc1ccc(O)c(O)c1S(=O)(=O)O. The molecule has 0 spiro atoms. The van der Waals surface area contributed by atoms with Crippen LogP contribution < -0.4 is 5.73 Å². The second-order valence-electron chi connectivity index (χ2n) is 2.33. The number of nitrogens with two attached hydrogens (primary N) is 1. The molecule has 5 N–H and O–H groups in total. The van der Waals surface area contributed by atoms with Gasteiger partial charge in [-0.3, -0.25) is 4.55 Å². The van der Waals surface area contributed by atoms with E-state index in [1.54, 1.807) is 0 Å². The summed E-state index contributed by atoms with van der Waals surface area (Å²) in [4.78, 5) is -0.882. The molecule has 0 aliphatic heterocycles. The van der Waals surface area contributed by atoms with Crippen molar-refractivity contribution in [3.8, 4) is 11.5 Å². The van der Waals surface area contributed by atoms with Crippen molar-refractivity contribution < 1.29 is 23.2 Å². The van der Waals surface area contributed by atoms with E-state index in [-0.39, 0.29) is 5.69 Å². The smallest absolute Gasteiger partial charge is 0.300 e. The molecule has 1 rings (SSSR count). The molecule has 0 atom stereocenters. The van der Waals surface area contributed by atoms with Crippen LogP contribution >= 0.6 is 0 Å². The highest BCUT2D eigenvalue weighted by Crippen LogP contribution is 2.35. The maximum atomic E-state index is 10.6. The Morgan fingerprint density at radius 1 is 1.23 bits per heavy atom. The van der Waals surface area contributed by atoms with Crippen LogP contribution in [-0.2, 0) is 10.1 Å². The number of nitrogen functional groups attached to an aromatic ring is 1. The Morgan fingerprint density at radius 2 is 1.77 bits per heavy atom. The zero-order chi connectivity index (χ0) is 10.2. The van der Waals surface area contributed by atoms with Crippen LogP contribution in [-0.4, -0.2) is 23.2 Å². The van der Waals surface area contributed by atoms with Gasteiger partial charge in [0.05, 0.1) is 5.69 Å². The topological polar surface area (TPSA) is 121 Å². The molecule has 0 heterocycles. The van der Waals surface area contributed by atoms with Gasteiger partial charge in [-0.25, -0.2) is 0 Å². The molecule has 7 heteroatoms. The quantitative estimate of drug-likeness (QED) is 0.220. The van der Waals surface area contributed by atoms with Gasteiger partial charge in [-0.1, -0.05) is 0 Å². The second kappa shape index (κ2) is 2.79. The van der Waals surface area contributed by atoms with Crippen LogP contribution in [0.3, 0.4) is 0 Å². The lowest BCUT2D eigenvalue weighted by Gasteiger charge is -2.05. The normalized spacial score (nSPS) is 11.5. The minimum atomic E-state index is -4.62. The van der Waals surface area contributed by atoms with Crippen molar-refractivity contribution in [1.29, 1.82) is 0 Å². The van der Waals surface area contributed by atoms with Gasteiger partial charge in [0.25, 0.3) is 10.1 Å². The molecule has 0 amide bonds. The largest absolute Gasteiger partial charge is 0.504 e. The van der Waals surface area contributed by atoms with Crippen molar-refractivity contribution in [2.24, 2.45) is 0 Å². The van der Waals surface area contributed by atoms with Crippen LogP contribution in [0.5, 0.6) is 11.5 Å². The molecule has 0 fully saturated rings. The van der Waals surface area contributed by atoms with E-state index < -0.39 is 26.5 Å². The van der Waals surface area contributed by atoms with Crippen LogP contribution in [0.1, 0.15) is 0 Å². The van der Waals surface area contributed by atoms with Crippen LogP contribution in [0, 0.1) is 0 Å². The minimum absolute atomic E-state index is 0.335. The Morgan fingerprint density at radius 3 is 2.15 bits per heavy atom. The van der Waals surface area contributed by atoms with E-state index in [0.29, 0.717) is 0 Å². The van der Waals surface area contributed by atoms with Gasteiger partial charge >= 0.3 is 0 Å². The van der Waals surface area contributed by atoms with Crippen molar-refractivity contribution >= 4 is 15.8 Å². The van der Waals surface area contributed by atoms with Crippen molar-refractivity contribution in [3.05, 3.63) is 12.1 Å². The zero-order valence-electron chi connectivity index (χ0n) is 6.30. The van der Waals surface area contributed by atoms with Crippen LogP contribution in [0.4, 0.5) is 5.69 Å². The fourth-order valence-electron chi connectivity index (χ4n) is 0.847. The lowest BCUT2D eigenvalue weighted by molar-refractivity contribution is 0.389. The van der Waals surface area contributed by atoms with Gasteiger partial charge in [0.1, 0.15) is 0 Å². The average Bonchev–Trinajstić information content (AvgIpc) is 1.95. The summed E-state index contributed by atoms with van der Waals surface area (Å²) in [6, 6.07) is 2.07. The van der Waals surface area contributed by atoms with Gasteiger partial charge in [0, 0.05) is 0 Å². The van der Waals surface area contributed by atoms with Gasteiger partial charge in [0.2, 0.25) is 0 Å². The van der Waals surface area contributed by atoms with E-state index in [0.717, 1.165) is 12.1 Å². The third-order valence-electron chi connectivity index (χ3n) is 1.40. The molecule has 6 nitrogen and oxygen atoms in total. The van der Waals surface area contributed by atoms with E-state index in [2.05, 4.69) is 0 Å². The summed E-state index contributed by atoms with van der Waals surface area (Å²) in [6.07, 6.45) is 0. The van der Waals surface area contributed by atoms with E-state index >= 15 is 0 Å². The highest BCUT2D eigenvalue weighted by atomic mass is 32.2. The Balaban J connectivity index is 3.62. The highest BCUT2D eigenvalue weighted by molar-refractivity contribution is 7.86. The molecule has 0 aliphatic rings. The fourth-order valence-corrected chi connectivity index (χ4v) is 1.56. The summed E-state index contributed by atoms with van der Waals surface area (Å²) in [5.74, 6) is -1.62. The van der Waals surface area contributed by atoms with Crippen molar-refractivity contribution in [2.75, 3.05) is 5.73 Å². The standard InChI is InChI=1S/C6H7NO5S/c7-3-1-2-4(8)5(9)6(3)13(10,11)12/h1-2,8-9H,7H2,(H,10,11,12). The van der Waals surface area contributed by atoms with E-state index in [9.17, 15) is 8.42 Å². The molecule has 0 bridgehead atoms. The second-order valence-corrected chi connectivity index (χ2v) is 3.69. The lowest BCUT2D eigenvalue weighted by atomic mass is 10.3. The highest BCUT2D eigenvalue weighted by Gasteiger charge is 2.21.